The normalized spacial score (nSPS) is 10.2. The first-order valence-corrected chi connectivity index (χ1v) is 8.22. The van der Waals surface area contributed by atoms with Crippen LogP contribution in [0, 0.1) is 22.6 Å². The number of benzene rings is 2. The number of hydrogen-bond donors (Lipinski definition) is 3. The molecule has 1 aromatic heterocycles. The molecule has 2 aromatic carbocycles. The van der Waals surface area contributed by atoms with Gasteiger partial charge in [0.2, 0.25) is 5.82 Å². The maximum Gasteiger partial charge on any atom is 0.202 e. The molecule has 9 heteroatoms. The molecule has 0 spiro atoms. The summed E-state index contributed by atoms with van der Waals surface area (Å²) in [5.74, 6) is -0.170. The Bertz CT molecular complexity index is 997. The molecule has 3 aromatic rings. The van der Waals surface area contributed by atoms with E-state index in [0.29, 0.717) is 17.8 Å². The first kappa shape index (κ1) is 17.6. The van der Waals surface area contributed by atoms with Gasteiger partial charge in [-0.05, 0) is 62.1 Å². The smallest absolute Gasteiger partial charge is 0.202 e. The summed E-state index contributed by atoms with van der Waals surface area (Å²) in [6, 6.07) is 13.5. The highest BCUT2D eigenvalue weighted by Crippen LogP contribution is 2.21. The van der Waals surface area contributed by atoms with Gasteiger partial charge >= 0.3 is 0 Å². The SMILES string of the molecule is N#Cc1cccc(CNc2nonc2C(=N)Nc2ccc(F)c(Br)c2)c1. The first-order valence-electron chi connectivity index (χ1n) is 7.43. The summed E-state index contributed by atoms with van der Waals surface area (Å²) in [6.45, 7) is 0.381. The number of anilines is 2. The van der Waals surface area contributed by atoms with Crippen molar-refractivity contribution in [1.29, 1.82) is 10.7 Å². The fraction of sp³-hybridized carbons (Fsp3) is 0.0588. The maximum atomic E-state index is 13.3. The zero-order valence-corrected chi connectivity index (χ0v) is 14.8. The van der Waals surface area contributed by atoms with Gasteiger partial charge in [-0.15, -0.1) is 0 Å². The van der Waals surface area contributed by atoms with E-state index in [4.69, 9.17) is 15.3 Å². The van der Waals surface area contributed by atoms with Crippen LogP contribution in [0.4, 0.5) is 15.9 Å². The van der Waals surface area contributed by atoms with E-state index < -0.39 is 5.82 Å². The fourth-order valence-electron chi connectivity index (χ4n) is 2.18. The Hall–Kier alpha value is -3.25. The monoisotopic (exact) mass is 414 g/mol. The van der Waals surface area contributed by atoms with Crippen LogP contribution in [0.3, 0.4) is 0 Å². The number of nitrogens with zero attached hydrogens (tertiary/aromatic N) is 3. The van der Waals surface area contributed by atoms with E-state index in [2.05, 4.69) is 42.9 Å². The van der Waals surface area contributed by atoms with Gasteiger partial charge in [0.1, 0.15) is 5.82 Å². The zero-order chi connectivity index (χ0) is 18.5. The molecule has 0 saturated heterocycles. The van der Waals surface area contributed by atoms with Crippen LogP contribution in [0.5, 0.6) is 0 Å². The lowest BCUT2D eigenvalue weighted by atomic mass is 10.1. The minimum Gasteiger partial charge on any atom is -0.361 e. The lowest BCUT2D eigenvalue weighted by Crippen LogP contribution is -2.15. The molecule has 0 atom stereocenters. The molecule has 0 aliphatic rings. The molecule has 0 bridgehead atoms. The maximum absolute atomic E-state index is 13.3. The third kappa shape index (κ3) is 4.04. The topological polar surface area (TPSA) is 111 Å². The molecule has 0 unspecified atom stereocenters. The molecule has 3 N–H and O–H groups in total. The van der Waals surface area contributed by atoms with Gasteiger partial charge in [0, 0.05) is 12.2 Å². The Kier molecular flexibility index (Phi) is 5.24. The lowest BCUT2D eigenvalue weighted by molar-refractivity contribution is 0.307. The average molecular weight is 415 g/mol. The zero-order valence-electron chi connectivity index (χ0n) is 13.3. The molecule has 0 radical (unpaired) electrons. The van der Waals surface area contributed by atoms with Crippen LogP contribution in [-0.4, -0.2) is 16.1 Å². The van der Waals surface area contributed by atoms with Crippen molar-refractivity contribution >= 4 is 33.3 Å². The summed E-state index contributed by atoms with van der Waals surface area (Å²) in [4.78, 5) is 0. The Morgan fingerprint density at radius 2 is 2.12 bits per heavy atom. The van der Waals surface area contributed by atoms with Crippen molar-refractivity contribution in [3.63, 3.8) is 0 Å². The van der Waals surface area contributed by atoms with Crippen LogP contribution in [-0.2, 0) is 6.54 Å². The Labute approximate surface area is 156 Å². The van der Waals surface area contributed by atoms with Crippen LogP contribution < -0.4 is 10.6 Å². The third-order valence-corrected chi connectivity index (χ3v) is 4.04. The highest BCUT2D eigenvalue weighted by atomic mass is 79.9. The molecule has 26 heavy (non-hydrogen) atoms. The van der Waals surface area contributed by atoms with Crippen LogP contribution >= 0.6 is 15.9 Å². The van der Waals surface area contributed by atoms with Gasteiger partial charge in [-0.3, -0.25) is 5.41 Å². The van der Waals surface area contributed by atoms with Gasteiger partial charge in [0.05, 0.1) is 16.1 Å². The van der Waals surface area contributed by atoms with Gasteiger partial charge in [-0.25, -0.2) is 9.02 Å². The molecule has 0 aliphatic carbocycles. The highest BCUT2D eigenvalue weighted by molar-refractivity contribution is 9.10. The van der Waals surface area contributed by atoms with Crippen LogP contribution in [0.1, 0.15) is 16.8 Å². The van der Waals surface area contributed by atoms with E-state index >= 15 is 0 Å². The van der Waals surface area contributed by atoms with E-state index in [0.717, 1.165) is 5.56 Å². The Morgan fingerprint density at radius 1 is 1.27 bits per heavy atom. The van der Waals surface area contributed by atoms with E-state index in [1.54, 1.807) is 18.2 Å². The second-order valence-corrected chi connectivity index (χ2v) is 6.11. The molecule has 0 aliphatic heterocycles. The minimum absolute atomic E-state index is 0.0574. The average Bonchev–Trinajstić information content (AvgIpc) is 3.12. The van der Waals surface area contributed by atoms with Crippen LogP contribution in [0.15, 0.2) is 51.6 Å². The first-order chi connectivity index (χ1) is 12.6. The minimum atomic E-state index is -0.396. The number of nitrogens with one attached hydrogen (secondary N) is 3. The largest absolute Gasteiger partial charge is 0.361 e. The number of nitriles is 1. The summed E-state index contributed by atoms with van der Waals surface area (Å²) in [5, 5.41) is 30.4. The van der Waals surface area contributed by atoms with Gasteiger partial charge in [0.25, 0.3) is 0 Å². The van der Waals surface area contributed by atoms with Crippen molar-refractivity contribution in [3.8, 4) is 6.07 Å². The number of aromatic nitrogens is 2. The second kappa shape index (κ2) is 7.76. The van der Waals surface area contributed by atoms with E-state index in [9.17, 15) is 4.39 Å². The molecular formula is C17H12BrFN6O. The number of halogens is 2. The molecule has 1 heterocycles. The quantitative estimate of drug-likeness (QED) is 0.431. The van der Waals surface area contributed by atoms with Crippen molar-refractivity contribution in [3.05, 3.63) is 69.6 Å². The van der Waals surface area contributed by atoms with E-state index in [-0.39, 0.29) is 21.8 Å². The van der Waals surface area contributed by atoms with Crippen molar-refractivity contribution in [1.82, 2.24) is 10.3 Å². The molecule has 0 amide bonds. The fourth-order valence-corrected chi connectivity index (χ4v) is 2.56. The van der Waals surface area contributed by atoms with Gasteiger partial charge in [-0.1, -0.05) is 12.1 Å². The van der Waals surface area contributed by atoms with Gasteiger partial charge in [0.15, 0.2) is 11.5 Å². The van der Waals surface area contributed by atoms with Crippen molar-refractivity contribution in [2.45, 2.75) is 6.54 Å². The van der Waals surface area contributed by atoms with Crippen molar-refractivity contribution < 1.29 is 9.02 Å². The van der Waals surface area contributed by atoms with Crippen molar-refractivity contribution in [2.24, 2.45) is 0 Å². The number of hydrogen-bond acceptors (Lipinski definition) is 6. The Morgan fingerprint density at radius 3 is 2.88 bits per heavy atom. The van der Waals surface area contributed by atoms with E-state index in [1.807, 2.05) is 6.07 Å². The van der Waals surface area contributed by atoms with E-state index in [1.165, 1.54) is 18.2 Å². The summed E-state index contributed by atoms with van der Waals surface area (Å²) >= 11 is 3.09. The predicted molar refractivity (Wildman–Crippen MR) is 97.3 cm³/mol. The Balaban J connectivity index is 1.70. The standard InChI is InChI=1S/C17H12BrFN6O/c18-13-7-12(4-5-14(13)19)23-16(21)15-17(25-26-24-15)22-9-11-3-1-2-10(6-11)8-20/h1-7H,9H2,(H2,21,23)(H,22,25). The predicted octanol–water partition coefficient (Wildman–Crippen LogP) is 3.89. The molecule has 3 rings (SSSR count). The summed E-state index contributed by atoms with van der Waals surface area (Å²) in [7, 11) is 0. The van der Waals surface area contributed by atoms with Crippen LogP contribution in [0.2, 0.25) is 0 Å². The highest BCUT2D eigenvalue weighted by Gasteiger charge is 2.16. The third-order valence-electron chi connectivity index (χ3n) is 3.43. The second-order valence-electron chi connectivity index (χ2n) is 5.26. The number of rotatable bonds is 5. The van der Waals surface area contributed by atoms with Crippen LogP contribution in [0.25, 0.3) is 0 Å². The number of amidine groups is 1. The molecule has 0 fully saturated rings. The van der Waals surface area contributed by atoms with Gasteiger partial charge < -0.3 is 10.6 Å². The summed E-state index contributed by atoms with van der Waals surface area (Å²) < 4.78 is 18.3. The molecular weight excluding hydrogens is 403 g/mol. The van der Waals surface area contributed by atoms with Gasteiger partial charge in [-0.2, -0.15) is 5.26 Å². The summed E-state index contributed by atoms with van der Waals surface area (Å²) in [6.07, 6.45) is 0. The molecule has 7 nitrogen and oxygen atoms in total. The summed E-state index contributed by atoms with van der Waals surface area (Å²) in [5.41, 5.74) is 2.12. The molecule has 130 valence electrons. The lowest BCUT2D eigenvalue weighted by Gasteiger charge is -2.08. The van der Waals surface area contributed by atoms with Crippen molar-refractivity contribution in [2.75, 3.05) is 10.6 Å². The molecule has 0 saturated carbocycles.